The van der Waals surface area contributed by atoms with E-state index in [1.165, 1.54) is 6.07 Å². The van der Waals surface area contributed by atoms with Crippen LogP contribution in [0, 0.1) is 23.0 Å². The Morgan fingerprint density at radius 3 is 2.76 bits per heavy atom. The summed E-state index contributed by atoms with van der Waals surface area (Å²) in [5.41, 5.74) is 0.691. The summed E-state index contributed by atoms with van der Waals surface area (Å²) in [6.45, 7) is 4.38. The van der Waals surface area contributed by atoms with Crippen LogP contribution in [-0.2, 0) is 0 Å². The van der Waals surface area contributed by atoms with E-state index in [2.05, 4.69) is 22.9 Å². The molecule has 0 amide bonds. The van der Waals surface area contributed by atoms with Gasteiger partial charge in [0.05, 0.1) is 17.1 Å². The Balaban J connectivity index is 2.78. The van der Waals surface area contributed by atoms with Gasteiger partial charge in [-0.05, 0) is 19.4 Å². The Hall–Kier alpha value is -1.10. The predicted octanol–water partition coefficient (Wildman–Crippen LogP) is 3.70. The zero-order chi connectivity index (χ0) is 12.8. The molecule has 0 spiro atoms. The molecular formula is C12H16BrNO3. The van der Waals surface area contributed by atoms with Gasteiger partial charge in [0.25, 0.3) is 5.69 Å². The summed E-state index contributed by atoms with van der Waals surface area (Å²) in [6.07, 6.45) is 1.01. The summed E-state index contributed by atoms with van der Waals surface area (Å²) in [5, 5.41) is 11.6. The second-order valence-corrected chi connectivity index (χ2v) is 4.54. The molecular weight excluding hydrogens is 286 g/mol. The van der Waals surface area contributed by atoms with Crippen LogP contribution < -0.4 is 4.74 Å². The van der Waals surface area contributed by atoms with Gasteiger partial charge in [-0.15, -0.1) is 0 Å². The fraction of sp³-hybridized carbons (Fsp3) is 0.500. The minimum Gasteiger partial charge on any atom is -0.493 e. The van der Waals surface area contributed by atoms with Crippen LogP contribution in [0.2, 0.25) is 0 Å². The highest BCUT2D eigenvalue weighted by Crippen LogP contribution is 2.27. The van der Waals surface area contributed by atoms with E-state index in [0.717, 1.165) is 11.8 Å². The Labute approximate surface area is 109 Å². The van der Waals surface area contributed by atoms with Crippen molar-refractivity contribution in [1.29, 1.82) is 0 Å². The van der Waals surface area contributed by atoms with E-state index in [9.17, 15) is 10.1 Å². The van der Waals surface area contributed by atoms with Gasteiger partial charge in [0.1, 0.15) is 5.75 Å². The van der Waals surface area contributed by atoms with Crippen molar-refractivity contribution in [3.63, 3.8) is 0 Å². The number of nitro benzene ring substituents is 1. The fourth-order valence-corrected chi connectivity index (χ4v) is 2.08. The van der Waals surface area contributed by atoms with Gasteiger partial charge in [-0.2, -0.15) is 0 Å². The van der Waals surface area contributed by atoms with Crippen LogP contribution in [0.25, 0.3) is 0 Å². The van der Waals surface area contributed by atoms with Crippen molar-refractivity contribution < 1.29 is 9.66 Å². The molecule has 1 aromatic rings. The summed E-state index contributed by atoms with van der Waals surface area (Å²) in [4.78, 5) is 10.4. The largest absolute Gasteiger partial charge is 0.493 e. The maximum Gasteiger partial charge on any atom is 0.276 e. The van der Waals surface area contributed by atoms with E-state index in [1.54, 1.807) is 19.1 Å². The summed E-state index contributed by atoms with van der Waals surface area (Å²) in [5.74, 6) is 1.02. The average molecular weight is 302 g/mol. The van der Waals surface area contributed by atoms with Gasteiger partial charge in [-0.1, -0.05) is 28.9 Å². The number of hydrogen-bond donors (Lipinski definition) is 0. The van der Waals surface area contributed by atoms with Crippen molar-refractivity contribution in [2.75, 3.05) is 11.9 Å². The SMILES string of the molecule is CCC(CBr)COc1cccc([N+](=O)[O-])c1C. The molecule has 1 atom stereocenters. The molecule has 1 rings (SSSR count). The van der Waals surface area contributed by atoms with Crippen LogP contribution in [0.5, 0.6) is 5.75 Å². The quantitative estimate of drug-likeness (QED) is 0.457. The highest BCUT2D eigenvalue weighted by atomic mass is 79.9. The zero-order valence-electron chi connectivity index (χ0n) is 9.98. The van der Waals surface area contributed by atoms with Gasteiger partial charge in [0.2, 0.25) is 0 Å². The number of alkyl halides is 1. The molecule has 0 fully saturated rings. The monoisotopic (exact) mass is 301 g/mol. The number of hydrogen-bond acceptors (Lipinski definition) is 3. The van der Waals surface area contributed by atoms with E-state index in [1.807, 2.05) is 0 Å². The van der Waals surface area contributed by atoms with Crippen molar-refractivity contribution in [2.45, 2.75) is 20.3 Å². The number of halogens is 1. The predicted molar refractivity (Wildman–Crippen MR) is 70.9 cm³/mol. The molecule has 0 radical (unpaired) electrons. The lowest BCUT2D eigenvalue weighted by molar-refractivity contribution is -0.385. The van der Waals surface area contributed by atoms with Gasteiger partial charge in [-0.25, -0.2) is 0 Å². The molecule has 0 aromatic heterocycles. The van der Waals surface area contributed by atoms with E-state index in [0.29, 0.717) is 23.8 Å². The normalized spacial score (nSPS) is 12.2. The van der Waals surface area contributed by atoms with Crippen molar-refractivity contribution in [3.05, 3.63) is 33.9 Å². The van der Waals surface area contributed by atoms with Gasteiger partial charge in [0.15, 0.2) is 0 Å². The molecule has 4 nitrogen and oxygen atoms in total. The summed E-state index contributed by atoms with van der Waals surface area (Å²) in [6, 6.07) is 4.91. The van der Waals surface area contributed by atoms with Crippen molar-refractivity contribution >= 4 is 21.6 Å². The summed E-state index contributed by atoms with van der Waals surface area (Å²) in [7, 11) is 0. The van der Waals surface area contributed by atoms with E-state index < -0.39 is 0 Å². The molecule has 1 unspecified atom stereocenters. The standard InChI is InChI=1S/C12H16BrNO3/c1-3-10(7-13)8-17-12-6-4-5-11(9(12)2)14(15)16/h4-6,10H,3,7-8H2,1-2H3. The summed E-state index contributed by atoms with van der Waals surface area (Å²) < 4.78 is 5.64. The number of nitro groups is 1. The van der Waals surface area contributed by atoms with E-state index >= 15 is 0 Å². The second kappa shape index (κ2) is 6.59. The highest BCUT2D eigenvalue weighted by molar-refractivity contribution is 9.09. The lowest BCUT2D eigenvalue weighted by atomic mass is 10.1. The highest BCUT2D eigenvalue weighted by Gasteiger charge is 2.15. The van der Waals surface area contributed by atoms with Gasteiger partial charge in [-0.3, -0.25) is 10.1 Å². The lowest BCUT2D eigenvalue weighted by Crippen LogP contribution is -2.13. The van der Waals surface area contributed by atoms with Crippen molar-refractivity contribution in [2.24, 2.45) is 5.92 Å². The zero-order valence-corrected chi connectivity index (χ0v) is 11.6. The third kappa shape index (κ3) is 3.70. The van der Waals surface area contributed by atoms with Gasteiger partial charge in [0, 0.05) is 17.3 Å². The fourth-order valence-electron chi connectivity index (χ4n) is 1.44. The minimum atomic E-state index is -0.385. The average Bonchev–Trinajstić information content (AvgIpc) is 2.32. The third-order valence-corrected chi connectivity index (χ3v) is 3.64. The first-order chi connectivity index (χ1) is 8.10. The van der Waals surface area contributed by atoms with E-state index in [4.69, 9.17) is 4.74 Å². The Morgan fingerprint density at radius 1 is 1.53 bits per heavy atom. The van der Waals surface area contributed by atoms with Crippen LogP contribution >= 0.6 is 15.9 Å². The Bertz CT molecular complexity index is 391. The van der Waals surface area contributed by atoms with Crippen LogP contribution in [0.15, 0.2) is 18.2 Å². The molecule has 17 heavy (non-hydrogen) atoms. The van der Waals surface area contributed by atoms with Gasteiger partial charge >= 0.3 is 0 Å². The molecule has 0 saturated heterocycles. The molecule has 0 bridgehead atoms. The minimum absolute atomic E-state index is 0.106. The third-order valence-electron chi connectivity index (χ3n) is 2.72. The maximum absolute atomic E-state index is 10.8. The van der Waals surface area contributed by atoms with Crippen LogP contribution in [-0.4, -0.2) is 16.9 Å². The first kappa shape index (κ1) is 14.0. The number of rotatable bonds is 6. The summed E-state index contributed by atoms with van der Waals surface area (Å²) >= 11 is 3.42. The molecule has 0 saturated carbocycles. The number of benzene rings is 1. The van der Waals surface area contributed by atoms with Crippen LogP contribution in [0.4, 0.5) is 5.69 Å². The smallest absolute Gasteiger partial charge is 0.276 e. The molecule has 0 heterocycles. The van der Waals surface area contributed by atoms with Gasteiger partial charge < -0.3 is 4.74 Å². The lowest BCUT2D eigenvalue weighted by Gasteiger charge is -2.14. The second-order valence-electron chi connectivity index (χ2n) is 3.90. The molecule has 1 aromatic carbocycles. The Kier molecular flexibility index (Phi) is 5.41. The first-order valence-electron chi connectivity index (χ1n) is 5.52. The topological polar surface area (TPSA) is 52.4 Å². The number of nitrogens with zero attached hydrogens (tertiary/aromatic N) is 1. The van der Waals surface area contributed by atoms with E-state index in [-0.39, 0.29) is 10.6 Å². The van der Waals surface area contributed by atoms with Crippen molar-refractivity contribution in [3.8, 4) is 5.75 Å². The molecule has 0 aliphatic carbocycles. The molecule has 0 aliphatic rings. The number of ether oxygens (including phenoxy) is 1. The van der Waals surface area contributed by atoms with Crippen molar-refractivity contribution in [1.82, 2.24) is 0 Å². The van der Waals surface area contributed by atoms with Crippen LogP contribution in [0.1, 0.15) is 18.9 Å². The first-order valence-corrected chi connectivity index (χ1v) is 6.65. The Morgan fingerprint density at radius 2 is 2.24 bits per heavy atom. The van der Waals surface area contributed by atoms with Crippen LogP contribution in [0.3, 0.4) is 0 Å². The maximum atomic E-state index is 10.8. The molecule has 94 valence electrons. The molecule has 0 aliphatic heterocycles. The molecule has 0 N–H and O–H groups in total. The molecule has 5 heteroatoms.